The zero-order valence-corrected chi connectivity index (χ0v) is 10.3. The van der Waals surface area contributed by atoms with Crippen molar-refractivity contribution in [3.05, 3.63) is 23.7 Å². The standard InChI is InChI=1S/C13H22N2O/c1-11-5-3-4-7-15(11)10-13-12(9-14-2)6-8-16-13/h6,8,11,14H,3-5,7,9-10H2,1-2H3. The van der Waals surface area contributed by atoms with Gasteiger partial charge in [0.25, 0.3) is 0 Å². The molecule has 1 atom stereocenters. The SMILES string of the molecule is CNCc1ccoc1CN1CCCCC1C. The minimum atomic E-state index is 0.696. The van der Waals surface area contributed by atoms with Gasteiger partial charge >= 0.3 is 0 Å². The van der Waals surface area contributed by atoms with E-state index >= 15 is 0 Å². The summed E-state index contributed by atoms with van der Waals surface area (Å²) in [6, 6.07) is 2.77. The molecule has 0 bridgehead atoms. The maximum Gasteiger partial charge on any atom is 0.122 e. The van der Waals surface area contributed by atoms with Gasteiger partial charge in [-0.25, -0.2) is 0 Å². The van der Waals surface area contributed by atoms with E-state index in [1.54, 1.807) is 6.26 Å². The summed E-state index contributed by atoms with van der Waals surface area (Å²) in [5.41, 5.74) is 1.29. The van der Waals surface area contributed by atoms with E-state index in [4.69, 9.17) is 4.42 Å². The molecule has 16 heavy (non-hydrogen) atoms. The predicted octanol–water partition coefficient (Wildman–Crippen LogP) is 2.37. The highest BCUT2D eigenvalue weighted by molar-refractivity contribution is 5.16. The summed E-state index contributed by atoms with van der Waals surface area (Å²) in [7, 11) is 1.97. The van der Waals surface area contributed by atoms with Crippen LogP contribution in [0.25, 0.3) is 0 Å². The molecule has 1 aromatic rings. The molecule has 1 saturated heterocycles. The summed E-state index contributed by atoms with van der Waals surface area (Å²) in [4.78, 5) is 2.53. The Labute approximate surface area is 97.8 Å². The van der Waals surface area contributed by atoms with E-state index in [0.29, 0.717) is 6.04 Å². The van der Waals surface area contributed by atoms with Crippen LogP contribution in [-0.4, -0.2) is 24.5 Å². The van der Waals surface area contributed by atoms with Crippen LogP contribution in [0.2, 0.25) is 0 Å². The zero-order valence-electron chi connectivity index (χ0n) is 10.3. The number of hydrogen-bond acceptors (Lipinski definition) is 3. The summed E-state index contributed by atoms with van der Waals surface area (Å²) in [6.45, 7) is 5.39. The molecular formula is C13H22N2O. The van der Waals surface area contributed by atoms with Crippen LogP contribution < -0.4 is 5.32 Å². The third-order valence-electron chi connectivity index (χ3n) is 3.49. The van der Waals surface area contributed by atoms with Gasteiger partial charge in [0, 0.05) is 18.2 Å². The number of hydrogen-bond donors (Lipinski definition) is 1. The fourth-order valence-electron chi connectivity index (χ4n) is 2.43. The summed E-state index contributed by atoms with van der Waals surface area (Å²) in [5, 5.41) is 3.18. The van der Waals surface area contributed by atoms with E-state index in [-0.39, 0.29) is 0 Å². The number of nitrogens with one attached hydrogen (secondary N) is 1. The summed E-state index contributed by atoms with van der Waals surface area (Å²) < 4.78 is 5.59. The topological polar surface area (TPSA) is 28.4 Å². The molecular weight excluding hydrogens is 200 g/mol. The molecule has 2 heterocycles. The lowest BCUT2D eigenvalue weighted by molar-refractivity contribution is 0.141. The van der Waals surface area contributed by atoms with E-state index in [1.165, 1.54) is 31.4 Å². The van der Waals surface area contributed by atoms with Gasteiger partial charge in [-0.3, -0.25) is 4.90 Å². The third-order valence-corrected chi connectivity index (χ3v) is 3.49. The van der Waals surface area contributed by atoms with E-state index in [0.717, 1.165) is 18.8 Å². The maximum absolute atomic E-state index is 5.59. The van der Waals surface area contributed by atoms with Crippen LogP contribution in [0.15, 0.2) is 16.7 Å². The van der Waals surface area contributed by atoms with Crippen molar-refractivity contribution in [2.24, 2.45) is 0 Å². The number of rotatable bonds is 4. The van der Waals surface area contributed by atoms with Crippen LogP contribution in [0, 0.1) is 0 Å². The second-order valence-corrected chi connectivity index (χ2v) is 4.71. The van der Waals surface area contributed by atoms with Gasteiger partial charge in [-0.15, -0.1) is 0 Å². The van der Waals surface area contributed by atoms with Crippen molar-refractivity contribution in [3.8, 4) is 0 Å². The van der Waals surface area contributed by atoms with E-state index in [1.807, 2.05) is 7.05 Å². The van der Waals surface area contributed by atoms with Crippen molar-refractivity contribution < 1.29 is 4.42 Å². The minimum Gasteiger partial charge on any atom is -0.468 e. The molecule has 1 aliphatic rings. The first-order valence-electron chi connectivity index (χ1n) is 6.25. The molecule has 1 N–H and O–H groups in total. The fraction of sp³-hybridized carbons (Fsp3) is 0.692. The molecule has 90 valence electrons. The smallest absolute Gasteiger partial charge is 0.122 e. The Kier molecular flexibility index (Phi) is 4.02. The maximum atomic E-state index is 5.59. The van der Waals surface area contributed by atoms with Gasteiger partial charge in [0.15, 0.2) is 0 Å². The highest BCUT2D eigenvalue weighted by Gasteiger charge is 2.20. The first-order chi connectivity index (χ1) is 7.81. The van der Waals surface area contributed by atoms with Crippen molar-refractivity contribution in [1.29, 1.82) is 0 Å². The Hall–Kier alpha value is -0.800. The molecule has 1 aliphatic heterocycles. The highest BCUT2D eigenvalue weighted by Crippen LogP contribution is 2.21. The largest absolute Gasteiger partial charge is 0.468 e. The van der Waals surface area contributed by atoms with Crippen molar-refractivity contribution in [2.45, 2.75) is 45.3 Å². The van der Waals surface area contributed by atoms with Crippen LogP contribution in [0.1, 0.15) is 37.5 Å². The van der Waals surface area contributed by atoms with Crippen molar-refractivity contribution >= 4 is 0 Å². The first kappa shape index (κ1) is 11.7. The second-order valence-electron chi connectivity index (χ2n) is 4.71. The lowest BCUT2D eigenvalue weighted by atomic mass is 10.0. The molecule has 0 radical (unpaired) electrons. The van der Waals surface area contributed by atoms with Crippen molar-refractivity contribution in [2.75, 3.05) is 13.6 Å². The number of furan rings is 1. The second kappa shape index (κ2) is 5.51. The fourth-order valence-corrected chi connectivity index (χ4v) is 2.43. The molecule has 1 fully saturated rings. The summed E-state index contributed by atoms with van der Waals surface area (Å²) in [6.07, 6.45) is 5.82. The molecule has 0 aromatic carbocycles. The lowest BCUT2D eigenvalue weighted by Gasteiger charge is -2.32. The number of nitrogens with zero attached hydrogens (tertiary/aromatic N) is 1. The number of likely N-dealkylation sites (tertiary alicyclic amines) is 1. The molecule has 2 rings (SSSR count). The van der Waals surface area contributed by atoms with Crippen molar-refractivity contribution in [3.63, 3.8) is 0 Å². The van der Waals surface area contributed by atoms with Gasteiger partial charge in [-0.1, -0.05) is 6.42 Å². The van der Waals surface area contributed by atoms with Gasteiger partial charge in [-0.2, -0.15) is 0 Å². The molecule has 3 nitrogen and oxygen atoms in total. The quantitative estimate of drug-likeness (QED) is 0.848. The average Bonchev–Trinajstić information content (AvgIpc) is 2.70. The normalized spacial score (nSPS) is 22.5. The van der Waals surface area contributed by atoms with Crippen LogP contribution in [0.3, 0.4) is 0 Å². The Morgan fingerprint density at radius 2 is 2.38 bits per heavy atom. The van der Waals surface area contributed by atoms with Crippen LogP contribution in [0.5, 0.6) is 0 Å². The predicted molar refractivity (Wildman–Crippen MR) is 65.2 cm³/mol. The Morgan fingerprint density at radius 3 is 3.12 bits per heavy atom. The molecule has 1 unspecified atom stereocenters. The summed E-state index contributed by atoms with van der Waals surface area (Å²) in [5.74, 6) is 1.13. The van der Waals surface area contributed by atoms with Gasteiger partial charge in [0.2, 0.25) is 0 Å². The highest BCUT2D eigenvalue weighted by atomic mass is 16.3. The molecule has 0 spiro atoms. The Balaban J connectivity index is 1.99. The van der Waals surface area contributed by atoms with Crippen LogP contribution in [-0.2, 0) is 13.1 Å². The lowest BCUT2D eigenvalue weighted by Crippen LogP contribution is -2.36. The van der Waals surface area contributed by atoms with E-state index in [2.05, 4.69) is 23.2 Å². The van der Waals surface area contributed by atoms with Gasteiger partial charge in [0.1, 0.15) is 5.76 Å². The third kappa shape index (κ3) is 2.66. The van der Waals surface area contributed by atoms with Gasteiger partial charge in [0.05, 0.1) is 12.8 Å². The molecule has 3 heteroatoms. The van der Waals surface area contributed by atoms with Gasteiger partial charge < -0.3 is 9.73 Å². The molecule has 0 saturated carbocycles. The van der Waals surface area contributed by atoms with Crippen LogP contribution >= 0.6 is 0 Å². The molecule has 0 amide bonds. The monoisotopic (exact) mass is 222 g/mol. The minimum absolute atomic E-state index is 0.696. The van der Waals surface area contributed by atoms with E-state index < -0.39 is 0 Å². The average molecular weight is 222 g/mol. The zero-order chi connectivity index (χ0) is 11.4. The Morgan fingerprint density at radius 1 is 1.50 bits per heavy atom. The summed E-state index contributed by atoms with van der Waals surface area (Å²) >= 11 is 0. The van der Waals surface area contributed by atoms with Gasteiger partial charge in [-0.05, 0) is 39.4 Å². The number of piperidine rings is 1. The van der Waals surface area contributed by atoms with Crippen LogP contribution in [0.4, 0.5) is 0 Å². The molecule has 0 aliphatic carbocycles. The first-order valence-corrected chi connectivity index (χ1v) is 6.25. The van der Waals surface area contributed by atoms with Crippen molar-refractivity contribution in [1.82, 2.24) is 10.2 Å². The Bertz CT molecular complexity index is 321. The molecule has 1 aromatic heterocycles. The van der Waals surface area contributed by atoms with E-state index in [9.17, 15) is 0 Å².